The lowest BCUT2D eigenvalue weighted by atomic mass is 9.84. The first kappa shape index (κ1) is 24.3. The second-order valence-corrected chi connectivity index (χ2v) is 10.9. The third kappa shape index (κ3) is 4.99. The number of piperidine rings is 1. The predicted octanol–water partition coefficient (Wildman–Crippen LogP) is 5.82. The third-order valence-corrected chi connectivity index (χ3v) is 7.40. The summed E-state index contributed by atoms with van der Waals surface area (Å²) in [5.41, 5.74) is 1.12. The van der Waals surface area contributed by atoms with Gasteiger partial charge >= 0.3 is 6.09 Å². The van der Waals surface area contributed by atoms with Crippen LogP contribution in [-0.4, -0.2) is 59.2 Å². The van der Waals surface area contributed by atoms with Crippen LogP contribution < -0.4 is 4.74 Å². The summed E-state index contributed by atoms with van der Waals surface area (Å²) < 4.78 is 12.1. The Hall–Kier alpha value is -2.80. The van der Waals surface area contributed by atoms with Gasteiger partial charge in [-0.25, -0.2) is 4.79 Å². The molecule has 1 aromatic carbocycles. The Morgan fingerprint density at radius 3 is 2.41 bits per heavy atom. The van der Waals surface area contributed by atoms with E-state index in [9.17, 15) is 9.59 Å². The highest BCUT2D eigenvalue weighted by atomic mass is 32.1. The fourth-order valence-corrected chi connectivity index (χ4v) is 5.48. The molecule has 2 amide bonds. The van der Waals surface area contributed by atoms with Crippen molar-refractivity contribution in [1.29, 1.82) is 0 Å². The highest BCUT2D eigenvalue weighted by molar-refractivity contribution is 7.15. The number of hydrogen-bond donors (Lipinski definition) is 0. The molecule has 1 spiro atoms. The first-order valence-corrected chi connectivity index (χ1v) is 12.8. The number of carbonyl (C=O) groups is 2. The molecule has 0 radical (unpaired) electrons. The maximum Gasteiger partial charge on any atom is 0.410 e. The molecule has 0 unspecified atom stereocenters. The number of hydrogen-bond acceptors (Lipinski definition) is 5. The molecule has 0 N–H and O–H groups in total. The monoisotopic (exact) mass is 482 g/mol. The van der Waals surface area contributed by atoms with Gasteiger partial charge in [-0.3, -0.25) is 4.79 Å². The summed E-state index contributed by atoms with van der Waals surface area (Å²) in [6, 6.07) is 12.0. The van der Waals surface area contributed by atoms with Crippen molar-refractivity contribution >= 4 is 28.9 Å². The van der Waals surface area contributed by atoms with Crippen LogP contribution in [0.15, 0.2) is 42.5 Å². The Labute approximate surface area is 206 Å². The fraction of sp³-hybridized carbons (Fsp3) is 0.481. The first-order valence-electron chi connectivity index (χ1n) is 12.0. The SMILES string of the molecule is CCN(CC)C(=O)c1ccc(C2=CC3(CCN(C(=O)OC(C)(C)C)CC3)Oc3ccccc32)s1. The molecule has 3 heterocycles. The van der Waals surface area contributed by atoms with Crippen molar-refractivity contribution in [1.82, 2.24) is 9.80 Å². The molecule has 34 heavy (non-hydrogen) atoms. The number of rotatable bonds is 4. The maximum absolute atomic E-state index is 12.9. The molecular weight excluding hydrogens is 448 g/mol. The highest BCUT2D eigenvalue weighted by Crippen LogP contribution is 2.44. The fourth-order valence-electron chi connectivity index (χ4n) is 4.48. The van der Waals surface area contributed by atoms with Gasteiger partial charge in [0.1, 0.15) is 17.0 Å². The molecule has 182 valence electrons. The molecule has 0 aliphatic carbocycles. The number of likely N-dealkylation sites (tertiary alicyclic amines) is 1. The number of benzene rings is 1. The van der Waals surface area contributed by atoms with Crippen molar-refractivity contribution in [2.75, 3.05) is 26.2 Å². The van der Waals surface area contributed by atoms with Crippen LogP contribution in [0.4, 0.5) is 4.79 Å². The molecule has 2 aliphatic heterocycles. The van der Waals surface area contributed by atoms with Crippen molar-refractivity contribution in [2.24, 2.45) is 0 Å². The van der Waals surface area contributed by atoms with Crippen LogP contribution in [0.1, 0.15) is 67.6 Å². The lowest BCUT2D eigenvalue weighted by molar-refractivity contribution is -0.00116. The van der Waals surface area contributed by atoms with Crippen LogP contribution in [0.25, 0.3) is 5.57 Å². The zero-order valence-electron chi connectivity index (χ0n) is 20.7. The number of thiophene rings is 1. The second kappa shape index (κ2) is 9.45. The largest absolute Gasteiger partial charge is 0.482 e. The van der Waals surface area contributed by atoms with E-state index >= 15 is 0 Å². The summed E-state index contributed by atoms with van der Waals surface area (Å²) in [7, 11) is 0. The maximum atomic E-state index is 12.9. The van der Waals surface area contributed by atoms with Crippen LogP contribution >= 0.6 is 11.3 Å². The van der Waals surface area contributed by atoms with E-state index in [1.165, 1.54) is 11.3 Å². The van der Waals surface area contributed by atoms with Crippen molar-refractivity contribution in [2.45, 2.75) is 58.7 Å². The summed E-state index contributed by atoms with van der Waals surface area (Å²) in [4.78, 5) is 30.8. The summed E-state index contributed by atoms with van der Waals surface area (Å²) in [6.07, 6.45) is 3.29. The van der Waals surface area contributed by atoms with Gasteiger partial charge in [0, 0.05) is 55.0 Å². The van der Waals surface area contributed by atoms with E-state index in [2.05, 4.69) is 12.1 Å². The summed E-state index contributed by atoms with van der Waals surface area (Å²) in [5.74, 6) is 0.915. The van der Waals surface area contributed by atoms with Crippen molar-refractivity contribution in [3.63, 3.8) is 0 Å². The average molecular weight is 483 g/mol. The van der Waals surface area contributed by atoms with Crippen molar-refractivity contribution < 1.29 is 19.1 Å². The summed E-state index contributed by atoms with van der Waals surface area (Å²) >= 11 is 1.53. The normalized spacial score (nSPS) is 17.0. The standard InChI is InChI=1S/C27H34N2O4S/c1-6-28(7-2)24(30)23-13-12-22(34-23)20-18-27(32-21-11-9-8-10-19(20)21)14-16-29(17-15-27)25(31)33-26(3,4)5/h8-13,18H,6-7,14-17H2,1-5H3. The molecule has 1 saturated heterocycles. The van der Waals surface area contributed by atoms with Gasteiger partial charge < -0.3 is 19.3 Å². The van der Waals surface area contributed by atoms with E-state index in [1.54, 1.807) is 4.90 Å². The minimum absolute atomic E-state index is 0.0718. The van der Waals surface area contributed by atoms with Crippen LogP contribution in [0.2, 0.25) is 0 Å². The molecule has 1 fully saturated rings. The van der Waals surface area contributed by atoms with Gasteiger partial charge in [-0.15, -0.1) is 11.3 Å². The number of fused-ring (bicyclic) bond motifs is 1. The summed E-state index contributed by atoms with van der Waals surface area (Å²) in [5, 5.41) is 0. The molecule has 6 nitrogen and oxygen atoms in total. The number of carbonyl (C=O) groups excluding carboxylic acids is 2. The van der Waals surface area contributed by atoms with E-state index in [4.69, 9.17) is 9.47 Å². The van der Waals surface area contributed by atoms with E-state index in [0.717, 1.165) is 26.6 Å². The average Bonchev–Trinajstić information content (AvgIpc) is 3.29. The van der Waals surface area contributed by atoms with E-state index in [-0.39, 0.29) is 12.0 Å². The number of nitrogens with zero attached hydrogens (tertiary/aromatic N) is 2. The Morgan fingerprint density at radius 1 is 1.09 bits per heavy atom. The molecular formula is C27H34N2O4S. The number of para-hydroxylation sites is 1. The number of ether oxygens (including phenoxy) is 2. The van der Waals surface area contributed by atoms with Gasteiger partial charge in [-0.05, 0) is 58.9 Å². The Kier molecular flexibility index (Phi) is 6.76. The molecule has 0 saturated carbocycles. The Morgan fingerprint density at radius 2 is 1.76 bits per heavy atom. The second-order valence-electron chi connectivity index (χ2n) is 9.83. The highest BCUT2D eigenvalue weighted by Gasteiger charge is 2.41. The van der Waals surface area contributed by atoms with Gasteiger partial charge in [-0.1, -0.05) is 18.2 Å². The van der Waals surface area contributed by atoms with Gasteiger partial charge in [0.25, 0.3) is 5.91 Å². The molecule has 2 aliphatic rings. The quantitative estimate of drug-likeness (QED) is 0.551. The van der Waals surface area contributed by atoms with Crippen LogP contribution in [0, 0.1) is 0 Å². The van der Waals surface area contributed by atoms with Crippen molar-refractivity contribution in [3.05, 3.63) is 57.8 Å². The molecule has 0 bridgehead atoms. The smallest absolute Gasteiger partial charge is 0.410 e. The molecule has 4 rings (SSSR count). The lowest BCUT2D eigenvalue weighted by Crippen LogP contribution is -2.50. The van der Waals surface area contributed by atoms with Crippen LogP contribution in [0.3, 0.4) is 0 Å². The van der Waals surface area contributed by atoms with Crippen LogP contribution in [0.5, 0.6) is 5.75 Å². The van der Waals surface area contributed by atoms with E-state index in [0.29, 0.717) is 39.0 Å². The van der Waals surface area contributed by atoms with Crippen LogP contribution in [-0.2, 0) is 4.74 Å². The van der Waals surface area contributed by atoms with Gasteiger partial charge in [0.15, 0.2) is 0 Å². The molecule has 0 atom stereocenters. The molecule has 1 aromatic heterocycles. The van der Waals surface area contributed by atoms with Gasteiger partial charge in [0.2, 0.25) is 0 Å². The zero-order chi connectivity index (χ0) is 24.5. The van der Waals surface area contributed by atoms with Gasteiger partial charge in [0.05, 0.1) is 4.88 Å². The zero-order valence-corrected chi connectivity index (χ0v) is 21.5. The predicted molar refractivity (Wildman–Crippen MR) is 135 cm³/mol. The van der Waals surface area contributed by atoms with Gasteiger partial charge in [-0.2, -0.15) is 0 Å². The minimum atomic E-state index is -0.515. The molecule has 7 heteroatoms. The minimum Gasteiger partial charge on any atom is -0.482 e. The first-order chi connectivity index (χ1) is 16.1. The van der Waals surface area contributed by atoms with E-state index < -0.39 is 11.2 Å². The Bertz CT molecular complexity index is 1090. The third-order valence-electron chi connectivity index (χ3n) is 6.29. The molecule has 2 aromatic rings. The summed E-state index contributed by atoms with van der Waals surface area (Å²) in [6.45, 7) is 12.2. The Balaban J connectivity index is 1.61. The lowest BCUT2D eigenvalue weighted by Gasteiger charge is -2.43. The topological polar surface area (TPSA) is 59.1 Å². The number of amides is 2. The van der Waals surface area contributed by atoms with Crippen molar-refractivity contribution in [3.8, 4) is 5.75 Å². The van der Waals surface area contributed by atoms with E-state index in [1.807, 2.05) is 69.9 Å².